The highest BCUT2D eigenvalue weighted by atomic mass is 35.5. The van der Waals surface area contributed by atoms with Gasteiger partial charge in [0.25, 0.3) is 0 Å². The van der Waals surface area contributed by atoms with Gasteiger partial charge in [0.1, 0.15) is 17.0 Å². The van der Waals surface area contributed by atoms with Gasteiger partial charge in [0, 0.05) is 42.4 Å². The lowest BCUT2D eigenvalue weighted by molar-refractivity contribution is -0.126. The Kier molecular flexibility index (Phi) is 8.67. The van der Waals surface area contributed by atoms with E-state index < -0.39 is 12.6 Å². The van der Waals surface area contributed by atoms with E-state index in [0.29, 0.717) is 16.3 Å². The molecule has 1 aliphatic rings. The van der Waals surface area contributed by atoms with Gasteiger partial charge < -0.3 is 10.2 Å². The lowest BCUT2D eigenvalue weighted by Gasteiger charge is -2.29. The number of pyridine rings is 1. The maximum Gasteiger partial charge on any atom is 0.393 e. The van der Waals surface area contributed by atoms with Gasteiger partial charge in [-0.15, -0.1) is 23.7 Å². The van der Waals surface area contributed by atoms with Gasteiger partial charge in [0.05, 0.1) is 11.8 Å². The molecule has 0 saturated heterocycles. The van der Waals surface area contributed by atoms with Crippen molar-refractivity contribution < 1.29 is 13.2 Å². The maximum atomic E-state index is 12.9. The minimum Gasteiger partial charge on any atom is -0.353 e. The summed E-state index contributed by atoms with van der Waals surface area (Å²) >= 11 is 1.10. The van der Waals surface area contributed by atoms with Crippen molar-refractivity contribution in [2.45, 2.75) is 57.4 Å². The number of benzene rings is 1. The van der Waals surface area contributed by atoms with Crippen LogP contribution in [0.1, 0.15) is 36.6 Å². The molecule has 2 atom stereocenters. The molecule has 0 amide bonds. The number of rotatable bonds is 8. The van der Waals surface area contributed by atoms with Gasteiger partial charge >= 0.3 is 6.18 Å². The summed E-state index contributed by atoms with van der Waals surface area (Å²) in [5, 5.41) is 4.41. The molecule has 1 saturated carbocycles. The Bertz CT molecular complexity index is 1300. The Morgan fingerprint density at radius 3 is 2.59 bits per heavy atom. The Morgan fingerprint density at radius 2 is 1.89 bits per heavy atom. The van der Waals surface area contributed by atoms with Gasteiger partial charge in [-0.2, -0.15) is 13.2 Å². The van der Waals surface area contributed by atoms with E-state index in [2.05, 4.69) is 62.4 Å². The monoisotopic (exact) mass is 547 g/mol. The summed E-state index contributed by atoms with van der Waals surface area (Å²) in [6.45, 7) is 3.60. The highest BCUT2D eigenvalue weighted by Crippen LogP contribution is 2.36. The third-order valence-corrected chi connectivity index (χ3v) is 7.78. The fourth-order valence-corrected chi connectivity index (χ4v) is 6.05. The summed E-state index contributed by atoms with van der Waals surface area (Å²) in [5.41, 5.74) is 3.48. The molecule has 1 aliphatic carbocycles. The van der Waals surface area contributed by atoms with E-state index in [1.54, 1.807) is 12.3 Å². The molecule has 10 heteroatoms. The van der Waals surface area contributed by atoms with Crippen molar-refractivity contribution >= 4 is 39.8 Å². The molecular formula is C27H29ClF3N5S. The van der Waals surface area contributed by atoms with Crippen LogP contribution in [0.5, 0.6) is 0 Å². The van der Waals surface area contributed by atoms with E-state index >= 15 is 0 Å². The first kappa shape index (κ1) is 27.3. The summed E-state index contributed by atoms with van der Waals surface area (Å²) in [4.78, 5) is 16.0. The standard InChI is InChI=1S/C27H28F3N5S.ClH/c1-2-35(25-24-13-23(14-27(28,29)30)36-26(24)34-17-33-25)22-10-9-21(12-22)32-15-18-5-7-19(8-6-18)20-4-3-11-31-16-20;/h3-8,11,13,16-17,21-22,32H,2,9-10,12,14-15H2,1H3;1H/t21-,22+;/m0./s1. The first-order valence-corrected chi connectivity index (χ1v) is 13.0. The van der Waals surface area contributed by atoms with Crippen molar-refractivity contribution in [3.8, 4) is 11.1 Å². The quantitative estimate of drug-likeness (QED) is 0.262. The zero-order valence-corrected chi connectivity index (χ0v) is 22.0. The lowest BCUT2D eigenvalue weighted by atomic mass is 10.1. The molecule has 37 heavy (non-hydrogen) atoms. The first-order valence-electron chi connectivity index (χ1n) is 12.2. The first-order chi connectivity index (χ1) is 17.4. The molecule has 1 fully saturated rings. The maximum absolute atomic E-state index is 12.9. The SMILES string of the molecule is CCN(c1ncnc2sc(CC(F)(F)F)cc12)[C@@H]1CC[C@H](NCc2ccc(-c3cccnc3)cc2)C1.Cl. The number of aromatic nitrogens is 3. The number of anilines is 1. The molecule has 1 aromatic carbocycles. The minimum atomic E-state index is -4.23. The van der Waals surface area contributed by atoms with Crippen LogP contribution in [0.15, 0.2) is 61.2 Å². The van der Waals surface area contributed by atoms with Crippen molar-refractivity contribution in [3.63, 3.8) is 0 Å². The fraction of sp³-hybridized carbons (Fsp3) is 0.370. The second kappa shape index (κ2) is 11.8. The Balaban J connectivity index is 0.00000320. The van der Waals surface area contributed by atoms with Crippen LogP contribution in [0.3, 0.4) is 0 Å². The fourth-order valence-electron chi connectivity index (χ4n) is 5.02. The highest BCUT2D eigenvalue weighted by Gasteiger charge is 2.32. The van der Waals surface area contributed by atoms with Crippen LogP contribution in [0.2, 0.25) is 0 Å². The topological polar surface area (TPSA) is 53.9 Å². The van der Waals surface area contributed by atoms with Crippen molar-refractivity contribution in [1.82, 2.24) is 20.3 Å². The molecule has 5 nitrogen and oxygen atoms in total. The van der Waals surface area contributed by atoms with Crippen molar-refractivity contribution in [2.75, 3.05) is 11.4 Å². The largest absolute Gasteiger partial charge is 0.393 e. The molecule has 0 unspecified atom stereocenters. The normalized spacial score (nSPS) is 17.6. The molecule has 1 N–H and O–H groups in total. The van der Waals surface area contributed by atoms with Crippen LogP contribution >= 0.6 is 23.7 Å². The van der Waals surface area contributed by atoms with E-state index in [4.69, 9.17) is 0 Å². The summed E-state index contributed by atoms with van der Waals surface area (Å²) in [6.07, 6.45) is 2.96. The molecule has 3 aromatic heterocycles. The zero-order chi connectivity index (χ0) is 25.1. The third kappa shape index (κ3) is 6.58. The number of fused-ring (bicyclic) bond motifs is 1. The number of hydrogen-bond acceptors (Lipinski definition) is 6. The summed E-state index contributed by atoms with van der Waals surface area (Å²) < 4.78 is 38.8. The predicted molar refractivity (Wildman–Crippen MR) is 145 cm³/mol. The molecule has 0 bridgehead atoms. The number of thiophene rings is 1. The molecule has 0 spiro atoms. The molecule has 4 aromatic rings. The number of hydrogen-bond donors (Lipinski definition) is 1. The number of nitrogens with zero attached hydrogens (tertiary/aromatic N) is 4. The van der Waals surface area contributed by atoms with Gasteiger partial charge in [0.2, 0.25) is 0 Å². The van der Waals surface area contributed by atoms with Gasteiger partial charge in [-0.3, -0.25) is 4.98 Å². The molecule has 0 radical (unpaired) electrons. The molecular weight excluding hydrogens is 519 g/mol. The van der Waals surface area contributed by atoms with Gasteiger partial charge in [-0.05, 0) is 55.0 Å². The average molecular weight is 548 g/mol. The van der Waals surface area contributed by atoms with Gasteiger partial charge in [-0.25, -0.2) is 9.97 Å². The molecule has 0 aliphatic heterocycles. The molecule has 5 rings (SSSR count). The van der Waals surface area contributed by atoms with Crippen LogP contribution < -0.4 is 10.2 Å². The third-order valence-electron chi connectivity index (χ3n) is 6.74. The second-order valence-electron chi connectivity index (χ2n) is 9.19. The zero-order valence-electron chi connectivity index (χ0n) is 20.4. The number of halogens is 4. The van der Waals surface area contributed by atoms with E-state index in [9.17, 15) is 13.2 Å². The van der Waals surface area contributed by atoms with Crippen molar-refractivity contribution in [2.24, 2.45) is 0 Å². The van der Waals surface area contributed by atoms with Crippen LogP contribution in [0.25, 0.3) is 21.3 Å². The van der Waals surface area contributed by atoms with Crippen LogP contribution in [-0.4, -0.2) is 39.8 Å². The van der Waals surface area contributed by atoms with Crippen molar-refractivity contribution in [1.29, 1.82) is 0 Å². The van der Waals surface area contributed by atoms with Crippen LogP contribution in [-0.2, 0) is 13.0 Å². The smallest absolute Gasteiger partial charge is 0.353 e. The molecule has 196 valence electrons. The van der Waals surface area contributed by atoms with E-state index in [-0.39, 0.29) is 23.3 Å². The van der Waals surface area contributed by atoms with E-state index in [1.165, 1.54) is 11.9 Å². The second-order valence-corrected chi connectivity index (χ2v) is 10.3. The lowest BCUT2D eigenvalue weighted by Crippen LogP contribution is -2.36. The summed E-state index contributed by atoms with van der Waals surface area (Å²) in [5.74, 6) is 0.740. The highest BCUT2D eigenvalue weighted by molar-refractivity contribution is 7.18. The van der Waals surface area contributed by atoms with E-state index in [0.717, 1.165) is 60.6 Å². The predicted octanol–water partition coefficient (Wildman–Crippen LogP) is 6.82. The van der Waals surface area contributed by atoms with Crippen LogP contribution in [0.4, 0.5) is 19.0 Å². The van der Waals surface area contributed by atoms with Crippen LogP contribution in [0, 0.1) is 0 Å². The molecule has 3 heterocycles. The Morgan fingerprint density at radius 1 is 1.08 bits per heavy atom. The number of nitrogens with one attached hydrogen (secondary N) is 1. The average Bonchev–Trinajstić information content (AvgIpc) is 3.50. The van der Waals surface area contributed by atoms with Gasteiger partial charge in [0.15, 0.2) is 0 Å². The number of alkyl halides is 3. The van der Waals surface area contributed by atoms with Crippen molar-refractivity contribution in [3.05, 3.63) is 71.6 Å². The minimum absolute atomic E-state index is 0. The Labute approximate surface area is 224 Å². The van der Waals surface area contributed by atoms with Gasteiger partial charge in [-0.1, -0.05) is 30.3 Å². The summed E-state index contributed by atoms with van der Waals surface area (Å²) in [6, 6.07) is 14.8. The Hall–Kier alpha value is -2.75. The van der Waals surface area contributed by atoms with E-state index in [1.807, 2.05) is 12.3 Å². The summed E-state index contributed by atoms with van der Waals surface area (Å²) in [7, 11) is 0.